The molecule has 1 unspecified atom stereocenters. The Balaban J connectivity index is 2.53. The van der Waals surface area contributed by atoms with Gasteiger partial charge in [0.2, 0.25) is 0 Å². The molecule has 114 valence electrons. The Bertz CT molecular complexity index is 595. The molecule has 0 bridgehead atoms. The molecule has 0 amide bonds. The predicted molar refractivity (Wildman–Crippen MR) is 94.6 cm³/mol. The summed E-state index contributed by atoms with van der Waals surface area (Å²) in [4.78, 5) is 1.43. The van der Waals surface area contributed by atoms with Gasteiger partial charge < -0.3 is 5.32 Å². The first kappa shape index (κ1) is 16.3. The average Bonchev–Trinajstić information content (AvgIpc) is 2.86. The molecule has 21 heavy (non-hydrogen) atoms. The number of benzene rings is 1. The number of thiophene rings is 1. The van der Waals surface area contributed by atoms with Crippen LogP contribution in [0.25, 0.3) is 0 Å². The quantitative estimate of drug-likeness (QED) is 0.756. The summed E-state index contributed by atoms with van der Waals surface area (Å²) in [5, 5.41) is 5.70. The lowest BCUT2D eigenvalue weighted by Crippen LogP contribution is -2.19. The third-order valence-corrected chi connectivity index (χ3v) is 5.25. The highest BCUT2D eigenvalue weighted by Crippen LogP contribution is 2.35. The fourth-order valence-corrected chi connectivity index (χ4v) is 3.88. The second kappa shape index (κ2) is 6.76. The first-order valence-corrected chi connectivity index (χ1v) is 8.68. The molecule has 0 saturated heterocycles. The maximum atomic E-state index is 3.52. The van der Waals surface area contributed by atoms with E-state index in [0.29, 0.717) is 17.9 Å². The van der Waals surface area contributed by atoms with Crippen LogP contribution in [0.3, 0.4) is 0 Å². The lowest BCUT2D eigenvalue weighted by Gasteiger charge is -2.23. The van der Waals surface area contributed by atoms with E-state index >= 15 is 0 Å². The molecule has 1 heterocycles. The Labute approximate surface area is 133 Å². The van der Waals surface area contributed by atoms with Crippen molar-refractivity contribution in [2.75, 3.05) is 7.05 Å². The normalized spacial score (nSPS) is 13.1. The zero-order valence-electron chi connectivity index (χ0n) is 14.0. The van der Waals surface area contributed by atoms with Gasteiger partial charge in [-0.1, -0.05) is 45.9 Å². The molecular formula is C19H27NS. The summed E-state index contributed by atoms with van der Waals surface area (Å²) < 4.78 is 0. The average molecular weight is 301 g/mol. The monoisotopic (exact) mass is 301 g/mol. The number of hydrogen-bond donors (Lipinski definition) is 1. The van der Waals surface area contributed by atoms with Crippen LogP contribution in [0.1, 0.15) is 72.7 Å². The minimum atomic E-state index is 0.295. The Hall–Kier alpha value is -1.12. The van der Waals surface area contributed by atoms with Crippen LogP contribution in [-0.4, -0.2) is 7.05 Å². The molecule has 0 radical (unpaired) electrons. The van der Waals surface area contributed by atoms with Crippen LogP contribution in [0.5, 0.6) is 0 Å². The van der Waals surface area contributed by atoms with Crippen molar-refractivity contribution >= 4 is 11.3 Å². The van der Waals surface area contributed by atoms with Gasteiger partial charge in [0, 0.05) is 4.88 Å². The molecule has 1 N–H and O–H groups in total. The lowest BCUT2D eigenvalue weighted by atomic mass is 9.87. The van der Waals surface area contributed by atoms with Crippen molar-refractivity contribution in [1.82, 2.24) is 5.32 Å². The van der Waals surface area contributed by atoms with Crippen molar-refractivity contribution in [3.05, 3.63) is 56.8 Å². The molecule has 0 fully saturated rings. The van der Waals surface area contributed by atoms with Gasteiger partial charge in [-0.2, -0.15) is 0 Å². The Kier molecular flexibility index (Phi) is 5.23. The molecular weight excluding hydrogens is 274 g/mol. The predicted octanol–water partition coefficient (Wildman–Crippen LogP) is 5.61. The van der Waals surface area contributed by atoms with Gasteiger partial charge in [0.15, 0.2) is 0 Å². The molecule has 2 rings (SSSR count). The number of hydrogen-bond acceptors (Lipinski definition) is 2. The van der Waals surface area contributed by atoms with E-state index in [0.717, 1.165) is 0 Å². The third-order valence-electron chi connectivity index (χ3n) is 4.16. The van der Waals surface area contributed by atoms with Gasteiger partial charge in [-0.15, -0.1) is 11.3 Å². The highest BCUT2D eigenvalue weighted by atomic mass is 32.1. The topological polar surface area (TPSA) is 12.0 Å². The van der Waals surface area contributed by atoms with Crippen LogP contribution in [0, 0.1) is 6.92 Å². The maximum Gasteiger partial charge on any atom is 0.0674 e. The largest absolute Gasteiger partial charge is 0.309 e. The molecule has 0 saturated carbocycles. The summed E-state index contributed by atoms with van der Waals surface area (Å²) in [7, 11) is 2.06. The van der Waals surface area contributed by atoms with Crippen molar-refractivity contribution in [1.29, 1.82) is 0 Å². The first-order valence-electron chi connectivity index (χ1n) is 7.80. The Morgan fingerprint density at radius 3 is 2.14 bits per heavy atom. The molecule has 1 aromatic heterocycles. The lowest BCUT2D eigenvalue weighted by molar-refractivity contribution is 0.679. The standard InChI is InChI=1S/C19H27NS/c1-12(2)15-7-8-16(17(11-15)13(3)4)18(20-6)19-14(5)9-10-21-19/h7-13,18,20H,1-6H3. The summed E-state index contributed by atoms with van der Waals surface area (Å²) >= 11 is 1.85. The number of rotatable bonds is 5. The fourth-order valence-electron chi connectivity index (χ4n) is 2.82. The molecule has 2 heteroatoms. The Morgan fingerprint density at radius 2 is 1.67 bits per heavy atom. The second-order valence-corrected chi connectivity index (χ2v) is 7.34. The fraction of sp³-hybridized carbons (Fsp3) is 0.474. The molecule has 0 aliphatic carbocycles. The van der Waals surface area contributed by atoms with Gasteiger partial charge >= 0.3 is 0 Å². The van der Waals surface area contributed by atoms with Crippen LogP contribution >= 0.6 is 11.3 Å². The van der Waals surface area contributed by atoms with E-state index in [9.17, 15) is 0 Å². The van der Waals surface area contributed by atoms with E-state index in [2.05, 4.69) is 76.6 Å². The molecule has 2 aromatic rings. The van der Waals surface area contributed by atoms with Crippen molar-refractivity contribution < 1.29 is 0 Å². The van der Waals surface area contributed by atoms with E-state index in [1.165, 1.54) is 27.1 Å². The first-order chi connectivity index (χ1) is 9.95. The van der Waals surface area contributed by atoms with E-state index in [4.69, 9.17) is 0 Å². The minimum Gasteiger partial charge on any atom is -0.309 e. The second-order valence-electron chi connectivity index (χ2n) is 6.39. The summed E-state index contributed by atoms with van der Waals surface area (Å²) in [5.41, 5.74) is 5.69. The van der Waals surface area contributed by atoms with Gasteiger partial charge in [-0.05, 0) is 59.5 Å². The van der Waals surface area contributed by atoms with Gasteiger partial charge in [-0.25, -0.2) is 0 Å². The molecule has 1 atom stereocenters. The van der Waals surface area contributed by atoms with E-state index < -0.39 is 0 Å². The zero-order valence-corrected chi connectivity index (χ0v) is 14.8. The van der Waals surface area contributed by atoms with Crippen LogP contribution in [0.15, 0.2) is 29.6 Å². The van der Waals surface area contributed by atoms with E-state index in [1.807, 2.05) is 11.3 Å². The van der Waals surface area contributed by atoms with E-state index in [-0.39, 0.29) is 0 Å². The minimum absolute atomic E-state index is 0.295. The molecule has 0 aliphatic rings. The summed E-state index contributed by atoms with van der Waals surface area (Å²) in [6.45, 7) is 11.3. The maximum absolute atomic E-state index is 3.52. The number of aryl methyl sites for hydroxylation is 1. The number of nitrogens with one attached hydrogen (secondary N) is 1. The van der Waals surface area contributed by atoms with Crippen molar-refractivity contribution in [2.24, 2.45) is 0 Å². The van der Waals surface area contributed by atoms with E-state index in [1.54, 1.807) is 0 Å². The molecule has 1 nitrogen and oxygen atoms in total. The summed E-state index contributed by atoms with van der Waals surface area (Å²) in [5.74, 6) is 1.11. The van der Waals surface area contributed by atoms with Crippen LogP contribution in [-0.2, 0) is 0 Å². The molecule has 0 spiro atoms. The Morgan fingerprint density at radius 1 is 0.952 bits per heavy atom. The van der Waals surface area contributed by atoms with Crippen LogP contribution in [0.4, 0.5) is 0 Å². The van der Waals surface area contributed by atoms with Crippen molar-refractivity contribution in [3.8, 4) is 0 Å². The third kappa shape index (κ3) is 3.38. The highest BCUT2D eigenvalue weighted by Gasteiger charge is 2.20. The van der Waals surface area contributed by atoms with Gasteiger partial charge in [0.1, 0.15) is 0 Å². The summed E-state index contributed by atoms with van der Waals surface area (Å²) in [6, 6.07) is 9.52. The zero-order chi connectivity index (χ0) is 15.6. The smallest absolute Gasteiger partial charge is 0.0674 e. The SMILES string of the molecule is CNC(c1ccc(C(C)C)cc1C(C)C)c1sccc1C. The van der Waals surface area contributed by atoms with Gasteiger partial charge in [-0.3, -0.25) is 0 Å². The van der Waals surface area contributed by atoms with Crippen LogP contribution in [0.2, 0.25) is 0 Å². The molecule has 1 aromatic carbocycles. The highest BCUT2D eigenvalue weighted by molar-refractivity contribution is 7.10. The van der Waals surface area contributed by atoms with Crippen molar-refractivity contribution in [2.45, 2.75) is 52.5 Å². The van der Waals surface area contributed by atoms with Crippen molar-refractivity contribution in [3.63, 3.8) is 0 Å². The van der Waals surface area contributed by atoms with Gasteiger partial charge in [0.05, 0.1) is 6.04 Å². The van der Waals surface area contributed by atoms with Gasteiger partial charge in [0.25, 0.3) is 0 Å². The summed E-state index contributed by atoms with van der Waals surface area (Å²) in [6.07, 6.45) is 0. The van der Waals surface area contributed by atoms with Crippen LogP contribution < -0.4 is 5.32 Å². The molecule has 0 aliphatic heterocycles.